The number of hydrogen-bond donors (Lipinski definition) is 0. The van der Waals surface area contributed by atoms with Gasteiger partial charge in [-0.1, -0.05) is 6.07 Å². The van der Waals surface area contributed by atoms with Gasteiger partial charge in [0.1, 0.15) is 5.82 Å². The minimum Gasteiger partial charge on any atom is -0.260 e. The van der Waals surface area contributed by atoms with E-state index in [1.807, 2.05) is 22.9 Å². The van der Waals surface area contributed by atoms with E-state index < -0.39 is 15.8 Å². The zero-order chi connectivity index (χ0) is 17.0. The lowest BCUT2D eigenvalue weighted by molar-refractivity contribution is 0.397. The highest BCUT2D eigenvalue weighted by Gasteiger charge is 2.25. The van der Waals surface area contributed by atoms with Gasteiger partial charge in [0.2, 0.25) is 10.0 Å². The number of pyridine rings is 1. The Balaban J connectivity index is 1.94. The Kier molecular flexibility index (Phi) is 5.03. The largest absolute Gasteiger partial charge is 0.260 e. The van der Waals surface area contributed by atoms with Gasteiger partial charge >= 0.3 is 0 Å². The molecule has 0 aliphatic heterocycles. The van der Waals surface area contributed by atoms with Crippen LogP contribution >= 0.6 is 11.3 Å². The van der Waals surface area contributed by atoms with Crippen molar-refractivity contribution in [3.8, 4) is 0 Å². The fourth-order valence-corrected chi connectivity index (χ4v) is 4.30. The molecule has 0 saturated heterocycles. The number of benzene rings is 1. The van der Waals surface area contributed by atoms with Crippen molar-refractivity contribution in [2.24, 2.45) is 0 Å². The summed E-state index contributed by atoms with van der Waals surface area (Å²) < 4.78 is 40.4. The number of aromatic nitrogens is 1. The van der Waals surface area contributed by atoms with Crippen LogP contribution in [0, 0.1) is 5.82 Å². The molecule has 3 rings (SSSR count). The van der Waals surface area contributed by atoms with Gasteiger partial charge in [-0.05, 0) is 58.8 Å². The van der Waals surface area contributed by atoms with Gasteiger partial charge in [0.15, 0.2) is 0 Å². The van der Waals surface area contributed by atoms with Gasteiger partial charge in [0, 0.05) is 12.7 Å². The molecule has 24 heavy (non-hydrogen) atoms. The minimum absolute atomic E-state index is 0.0649. The number of sulfonamides is 1. The molecule has 0 spiro atoms. The van der Waals surface area contributed by atoms with Gasteiger partial charge in [0.25, 0.3) is 0 Å². The summed E-state index contributed by atoms with van der Waals surface area (Å²) in [4.78, 5) is 4.27. The molecule has 124 valence electrons. The SMILES string of the molecule is O=S(=O)(c1ccc(F)cc1)N(Cc1ccsc1)Cc1ccccn1. The van der Waals surface area contributed by atoms with Crippen molar-refractivity contribution in [1.82, 2.24) is 9.29 Å². The first-order valence-corrected chi connectivity index (χ1v) is 9.61. The number of halogens is 1. The molecule has 0 amide bonds. The van der Waals surface area contributed by atoms with Crippen LogP contribution in [0.1, 0.15) is 11.3 Å². The molecular formula is C17H15FN2O2S2. The molecule has 0 saturated carbocycles. The average molecular weight is 362 g/mol. The first kappa shape index (κ1) is 16.8. The fraction of sp³-hybridized carbons (Fsp3) is 0.118. The van der Waals surface area contributed by atoms with Crippen LogP contribution < -0.4 is 0 Å². The Morgan fingerprint density at radius 1 is 1.04 bits per heavy atom. The van der Waals surface area contributed by atoms with E-state index in [9.17, 15) is 12.8 Å². The molecule has 0 fully saturated rings. The topological polar surface area (TPSA) is 50.3 Å². The van der Waals surface area contributed by atoms with Crippen molar-refractivity contribution in [2.45, 2.75) is 18.0 Å². The Hall–Kier alpha value is -2.09. The molecule has 1 aromatic carbocycles. The maximum Gasteiger partial charge on any atom is 0.243 e. The lowest BCUT2D eigenvalue weighted by Gasteiger charge is -2.21. The molecule has 0 aliphatic carbocycles. The highest BCUT2D eigenvalue weighted by atomic mass is 32.2. The summed E-state index contributed by atoms with van der Waals surface area (Å²) in [7, 11) is -3.76. The lowest BCUT2D eigenvalue weighted by Crippen LogP contribution is -2.30. The third-order valence-electron chi connectivity index (χ3n) is 3.45. The molecule has 7 heteroatoms. The number of thiophene rings is 1. The molecule has 0 bridgehead atoms. The van der Waals surface area contributed by atoms with Crippen molar-refractivity contribution in [3.63, 3.8) is 0 Å². The van der Waals surface area contributed by atoms with Gasteiger partial charge in [-0.3, -0.25) is 4.98 Å². The van der Waals surface area contributed by atoms with Crippen molar-refractivity contribution in [2.75, 3.05) is 0 Å². The first-order valence-electron chi connectivity index (χ1n) is 7.22. The number of hydrogen-bond acceptors (Lipinski definition) is 4. The van der Waals surface area contributed by atoms with Gasteiger partial charge in [-0.15, -0.1) is 0 Å². The molecule has 0 N–H and O–H groups in total. The summed E-state index contributed by atoms with van der Waals surface area (Å²) >= 11 is 1.51. The van der Waals surface area contributed by atoms with Crippen LogP contribution in [-0.4, -0.2) is 17.7 Å². The quantitative estimate of drug-likeness (QED) is 0.672. The van der Waals surface area contributed by atoms with Crippen LogP contribution in [0.4, 0.5) is 4.39 Å². The summed E-state index contributed by atoms with van der Waals surface area (Å²) in [6.07, 6.45) is 1.63. The lowest BCUT2D eigenvalue weighted by atomic mass is 10.3. The van der Waals surface area contributed by atoms with E-state index in [2.05, 4.69) is 4.98 Å². The van der Waals surface area contributed by atoms with E-state index in [0.29, 0.717) is 5.69 Å². The first-order chi connectivity index (χ1) is 11.6. The van der Waals surface area contributed by atoms with Crippen LogP contribution in [0.2, 0.25) is 0 Å². The molecule has 4 nitrogen and oxygen atoms in total. The highest BCUT2D eigenvalue weighted by molar-refractivity contribution is 7.89. The van der Waals surface area contributed by atoms with E-state index >= 15 is 0 Å². The molecule has 0 atom stereocenters. The maximum absolute atomic E-state index is 13.1. The maximum atomic E-state index is 13.1. The Labute approximate surface area is 144 Å². The Bertz CT molecular complexity index is 880. The summed E-state index contributed by atoms with van der Waals surface area (Å²) in [6.45, 7) is 0.385. The summed E-state index contributed by atoms with van der Waals surface area (Å²) in [5.41, 5.74) is 1.56. The molecule has 2 aromatic heterocycles. The van der Waals surface area contributed by atoms with Crippen LogP contribution in [0.5, 0.6) is 0 Å². The summed E-state index contributed by atoms with van der Waals surface area (Å²) in [5.74, 6) is -0.469. The van der Waals surface area contributed by atoms with Gasteiger partial charge in [-0.25, -0.2) is 12.8 Å². The second kappa shape index (κ2) is 7.21. The molecular weight excluding hydrogens is 347 g/mol. The van der Waals surface area contributed by atoms with Gasteiger partial charge in [0.05, 0.1) is 17.1 Å². The van der Waals surface area contributed by atoms with E-state index in [1.165, 1.54) is 27.8 Å². The average Bonchev–Trinajstić information content (AvgIpc) is 3.09. The van der Waals surface area contributed by atoms with E-state index in [1.54, 1.807) is 18.3 Å². The van der Waals surface area contributed by atoms with Crippen molar-refractivity contribution in [1.29, 1.82) is 0 Å². The third kappa shape index (κ3) is 3.87. The van der Waals surface area contributed by atoms with E-state index in [4.69, 9.17) is 0 Å². The Morgan fingerprint density at radius 2 is 1.83 bits per heavy atom. The second-order valence-electron chi connectivity index (χ2n) is 5.18. The monoisotopic (exact) mass is 362 g/mol. The predicted octanol–water partition coefficient (Wildman–Crippen LogP) is 3.67. The second-order valence-corrected chi connectivity index (χ2v) is 7.90. The summed E-state index contributed by atoms with van der Waals surface area (Å²) in [5, 5.41) is 3.81. The van der Waals surface area contributed by atoms with Crippen molar-refractivity contribution in [3.05, 3.63) is 82.6 Å². The molecule has 2 heterocycles. The predicted molar refractivity (Wildman–Crippen MR) is 91.4 cm³/mol. The summed E-state index contributed by atoms with van der Waals surface area (Å²) in [6, 6.07) is 12.1. The number of nitrogens with zero attached hydrogens (tertiary/aromatic N) is 2. The molecule has 0 radical (unpaired) electrons. The van der Waals surface area contributed by atoms with Crippen LogP contribution in [0.25, 0.3) is 0 Å². The van der Waals surface area contributed by atoms with Crippen LogP contribution in [0.15, 0.2) is 70.4 Å². The molecule has 0 aliphatic rings. The normalized spacial score (nSPS) is 11.8. The zero-order valence-electron chi connectivity index (χ0n) is 12.7. The van der Waals surface area contributed by atoms with Crippen molar-refractivity contribution < 1.29 is 12.8 Å². The fourth-order valence-electron chi connectivity index (χ4n) is 2.24. The van der Waals surface area contributed by atoms with E-state index in [-0.39, 0.29) is 18.0 Å². The van der Waals surface area contributed by atoms with Crippen LogP contribution in [-0.2, 0) is 23.1 Å². The number of rotatable bonds is 6. The van der Waals surface area contributed by atoms with Crippen LogP contribution in [0.3, 0.4) is 0 Å². The van der Waals surface area contributed by atoms with Gasteiger partial charge < -0.3 is 0 Å². The highest BCUT2D eigenvalue weighted by Crippen LogP contribution is 2.21. The molecule has 0 unspecified atom stereocenters. The smallest absolute Gasteiger partial charge is 0.243 e. The zero-order valence-corrected chi connectivity index (χ0v) is 14.3. The molecule has 3 aromatic rings. The van der Waals surface area contributed by atoms with Crippen molar-refractivity contribution >= 4 is 21.4 Å². The third-order valence-corrected chi connectivity index (χ3v) is 5.99. The standard InChI is InChI=1S/C17H15FN2O2S2/c18-15-4-6-17(7-5-15)24(21,22)20(11-14-8-10-23-13-14)12-16-3-1-2-9-19-16/h1-10,13H,11-12H2. The van der Waals surface area contributed by atoms with E-state index in [0.717, 1.165) is 17.7 Å². The van der Waals surface area contributed by atoms with Gasteiger partial charge in [-0.2, -0.15) is 15.6 Å². The minimum atomic E-state index is -3.76. The Morgan fingerprint density at radius 3 is 2.46 bits per heavy atom.